The van der Waals surface area contributed by atoms with Crippen LogP contribution in [0.3, 0.4) is 0 Å². The second kappa shape index (κ2) is 8.82. The Morgan fingerprint density at radius 1 is 1.50 bits per heavy atom. The molecule has 4 heteroatoms. The maximum absolute atomic E-state index is 10.4. The van der Waals surface area contributed by atoms with Gasteiger partial charge in [0.25, 0.3) is 6.04 Å². The first kappa shape index (κ1) is 17.9. The first-order valence-corrected chi connectivity index (χ1v) is 0.893. The van der Waals surface area contributed by atoms with Crippen LogP contribution in [-0.2, 0) is 4.79 Å². The molecule has 0 aromatic rings. The van der Waals surface area contributed by atoms with Crippen LogP contribution in [0.1, 0.15) is 6.92 Å². The third-order valence-corrected chi connectivity index (χ3v) is 0. The molecule has 0 N–H and O–H groups in total. The average Bonchev–Trinajstić information content (AvgIpc) is 0.811. The molecule has 0 spiro atoms. The molecule has 0 aliphatic heterocycles. The van der Waals surface area contributed by atoms with Crippen LogP contribution in [0.2, 0.25) is 0 Å². The van der Waals surface area contributed by atoms with E-state index in [9.17, 15) is 4.39 Å². The fourth-order valence-electron chi connectivity index (χ4n) is 0. The number of hydrogen-bond donors (Lipinski definition) is 0. The fourth-order valence-corrected chi connectivity index (χ4v) is 0. The Hall–Kier alpha value is -0.540. The van der Waals surface area contributed by atoms with Gasteiger partial charge in [0.15, 0.2) is 0 Å². The monoisotopic (exact) mass is 102 g/mol. The number of rotatable bonds is 0. The molecule has 0 aliphatic rings. The zero-order valence-corrected chi connectivity index (χ0v) is 3.10. The van der Waals surface area contributed by atoms with E-state index in [1.165, 1.54) is 0 Å². The van der Waals surface area contributed by atoms with Gasteiger partial charge in [0, 0.05) is 6.92 Å². The van der Waals surface area contributed by atoms with E-state index in [2.05, 4.69) is 0 Å². The molecule has 0 aliphatic carbocycles. The summed E-state index contributed by atoms with van der Waals surface area (Å²) in [4.78, 5) is 8.78. The Bertz CT molecular complexity index is 31.8. The molecule has 6 heavy (non-hydrogen) atoms. The van der Waals surface area contributed by atoms with Crippen LogP contribution in [0.15, 0.2) is 0 Å². The van der Waals surface area contributed by atoms with E-state index in [1.54, 1.807) is 0 Å². The minimum atomic E-state index is -1.33. The Kier molecular flexibility index (Phi) is 26.4. The van der Waals surface area contributed by atoms with Crippen molar-refractivity contribution < 1.29 is 18.6 Å². The molecule has 0 rings (SSSR count). The molecule has 0 bridgehead atoms. The lowest BCUT2D eigenvalue weighted by Gasteiger charge is -1.50. The quantitative estimate of drug-likeness (QED) is 0.413. The highest BCUT2D eigenvalue weighted by Gasteiger charge is 1.69. The van der Waals surface area contributed by atoms with E-state index in [0.717, 1.165) is 6.92 Å². The van der Waals surface area contributed by atoms with Gasteiger partial charge in [-0.05, 0) is 0 Å². The maximum Gasteiger partial charge on any atom is 0.298 e. The minimum Gasteiger partial charge on any atom is -0.269 e. The van der Waals surface area contributed by atoms with Crippen molar-refractivity contribution in [1.82, 2.24) is 0 Å². The summed E-state index contributed by atoms with van der Waals surface area (Å²) in [6, 6.07) is -1.33. The molecule has 40 valence electrons. The smallest absolute Gasteiger partial charge is 0.269 e. The molecular weight excluding hydrogens is 97.0 g/mol. The Morgan fingerprint density at radius 3 is 1.50 bits per heavy atom. The van der Waals surface area contributed by atoms with Crippen molar-refractivity contribution in [2.45, 2.75) is 6.92 Å². The van der Waals surface area contributed by atoms with Crippen molar-refractivity contribution in [3.05, 3.63) is 0 Å². The van der Waals surface area contributed by atoms with Crippen molar-refractivity contribution in [3.63, 3.8) is 0 Å². The van der Waals surface area contributed by atoms with Gasteiger partial charge in [-0.3, -0.25) is 14.2 Å². The van der Waals surface area contributed by atoms with Crippen LogP contribution in [-0.4, -0.2) is 6.04 Å². The van der Waals surface area contributed by atoms with E-state index >= 15 is 0 Å². The van der Waals surface area contributed by atoms with Crippen molar-refractivity contribution in [3.8, 4) is 0 Å². The Balaban J connectivity index is -0.0000000450. The second-order valence-electron chi connectivity index (χ2n) is 0.470. The third-order valence-electron chi connectivity index (χ3n) is 0. The third kappa shape index (κ3) is 71.8. The molecule has 0 saturated heterocycles. The predicted octanol–water partition coefficient (Wildman–Crippen LogP) is 0.807. The van der Waals surface area contributed by atoms with Crippen LogP contribution < -0.4 is 0 Å². The SMILES string of the molecule is CC(=O)F.F.F. The summed E-state index contributed by atoms with van der Waals surface area (Å²) in [7, 11) is 0. The number of hydrogen-bond acceptors (Lipinski definition) is 1. The molecule has 0 aromatic carbocycles. The Morgan fingerprint density at radius 2 is 1.50 bits per heavy atom. The summed E-state index contributed by atoms with van der Waals surface area (Å²) < 4.78 is 10.4. The molecular formula is C2H5F3O. The summed E-state index contributed by atoms with van der Waals surface area (Å²) >= 11 is 0. The standard InChI is InChI=1S/C2H3FO.2FH/c1-2(3)4;;/h1H3;2*1H. The van der Waals surface area contributed by atoms with E-state index in [1.807, 2.05) is 0 Å². The predicted molar refractivity (Wildman–Crippen MR) is 16.8 cm³/mol. The Labute approximate surface area is 32.9 Å². The van der Waals surface area contributed by atoms with Crippen LogP contribution in [0.5, 0.6) is 0 Å². The molecule has 0 atom stereocenters. The van der Waals surface area contributed by atoms with Gasteiger partial charge in [-0.1, -0.05) is 0 Å². The van der Waals surface area contributed by atoms with E-state index < -0.39 is 6.04 Å². The van der Waals surface area contributed by atoms with Crippen molar-refractivity contribution in [1.29, 1.82) is 0 Å². The topological polar surface area (TPSA) is 17.1 Å². The van der Waals surface area contributed by atoms with Gasteiger partial charge in [-0.25, -0.2) is 0 Å². The van der Waals surface area contributed by atoms with Gasteiger partial charge >= 0.3 is 0 Å². The maximum atomic E-state index is 10.4. The fraction of sp³-hybridized carbons (Fsp3) is 0.500. The van der Waals surface area contributed by atoms with Crippen LogP contribution >= 0.6 is 0 Å². The van der Waals surface area contributed by atoms with Gasteiger partial charge in [0.05, 0.1) is 0 Å². The molecule has 0 saturated carbocycles. The normalized spacial score (nSPS) is 4.33. The highest BCUT2D eigenvalue weighted by atomic mass is 19.1. The zero-order chi connectivity index (χ0) is 3.58. The van der Waals surface area contributed by atoms with E-state index in [0.29, 0.717) is 0 Å². The van der Waals surface area contributed by atoms with E-state index in [-0.39, 0.29) is 9.41 Å². The summed E-state index contributed by atoms with van der Waals surface area (Å²) in [6.07, 6.45) is 0. The summed E-state index contributed by atoms with van der Waals surface area (Å²) in [5, 5.41) is 0. The van der Waals surface area contributed by atoms with Gasteiger partial charge < -0.3 is 0 Å². The zero-order valence-electron chi connectivity index (χ0n) is 3.10. The average molecular weight is 102 g/mol. The van der Waals surface area contributed by atoms with Crippen LogP contribution in [0, 0.1) is 0 Å². The van der Waals surface area contributed by atoms with Crippen LogP contribution in [0.4, 0.5) is 13.8 Å². The van der Waals surface area contributed by atoms with Gasteiger partial charge in [-0.2, -0.15) is 4.39 Å². The van der Waals surface area contributed by atoms with Crippen molar-refractivity contribution in [2.75, 3.05) is 0 Å². The summed E-state index contributed by atoms with van der Waals surface area (Å²) in [6.45, 7) is 0.861. The largest absolute Gasteiger partial charge is 0.298 e. The van der Waals surface area contributed by atoms with E-state index in [4.69, 9.17) is 4.79 Å². The van der Waals surface area contributed by atoms with Gasteiger partial charge in [-0.15, -0.1) is 0 Å². The lowest BCUT2D eigenvalue weighted by Crippen LogP contribution is -1.65. The highest BCUT2D eigenvalue weighted by molar-refractivity contribution is 5.64. The highest BCUT2D eigenvalue weighted by Crippen LogP contribution is 1.58. The molecule has 0 amide bonds. The van der Waals surface area contributed by atoms with Crippen molar-refractivity contribution >= 4 is 6.04 Å². The molecule has 1 nitrogen and oxygen atoms in total. The molecule has 0 heterocycles. The molecule has 0 radical (unpaired) electrons. The lowest BCUT2D eigenvalue weighted by atomic mass is 10.9. The van der Waals surface area contributed by atoms with Crippen LogP contribution in [0.25, 0.3) is 0 Å². The summed E-state index contributed by atoms with van der Waals surface area (Å²) in [5.74, 6) is 0. The number of carbonyl (C=O) groups is 1. The lowest BCUT2D eigenvalue weighted by molar-refractivity contribution is -0.126. The minimum absolute atomic E-state index is 0. The number of halogens is 3. The summed E-state index contributed by atoms with van der Waals surface area (Å²) in [5.41, 5.74) is 0. The first-order chi connectivity index (χ1) is 1.73. The second-order valence-corrected chi connectivity index (χ2v) is 0.470. The number of carbonyl (C=O) groups excluding carboxylic acids is 1. The molecule has 0 aromatic heterocycles. The van der Waals surface area contributed by atoms with Gasteiger partial charge in [0.2, 0.25) is 0 Å². The molecule has 0 fully saturated rings. The molecule has 0 unspecified atom stereocenters. The first-order valence-electron chi connectivity index (χ1n) is 0.893. The van der Waals surface area contributed by atoms with Crippen molar-refractivity contribution in [2.24, 2.45) is 0 Å². The van der Waals surface area contributed by atoms with Gasteiger partial charge in [0.1, 0.15) is 0 Å².